The highest BCUT2D eigenvalue weighted by Gasteiger charge is 2.32. The number of halogens is 3. The Morgan fingerprint density at radius 1 is 1.53 bits per heavy atom. The second-order valence-corrected chi connectivity index (χ2v) is 2.91. The van der Waals surface area contributed by atoms with Crippen molar-refractivity contribution in [2.24, 2.45) is 5.73 Å². The number of nitrogens with zero attached hydrogens (tertiary/aromatic N) is 1. The van der Waals surface area contributed by atoms with Crippen LogP contribution in [0.1, 0.15) is 15.9 Å². The molecular formula is C9H9F3N2O3. The van der Waals surface area contributed by atoms with Crippen LogP contribution in [-0.2, 0) is 6.54 Å². The van der Waals surface area contributed by atoms with Gasteiger partial charge in [-0.15, -0.1) is 13.2 Å². The Hall–Kier alpha value is -1.83. The first kappa shape index (κ1) is 13.2. The number of aromatic nitrogens is 1. The number of hydrogen-bond donors (Lipinski definition) is 1. The van der Waals surface area contributed by atoms with E-state index in [1.165, 1.54) is 7.11 Å². The summed E-state index contributed by atoms with van der Waals surface area (Å²) < 4.78 is 44.3. The summed E-state index contributed by atoms with van der Waals surface area (Å²) >= 11 is 0. The molecule has 0 aliphatic carbocycles. The van der Waals surface area contributed by atoms with E-state index in [0.29, 0.717) is 6.29 Å². The van der Waals surface area contributed by atoms with Gasteiger partial charge in [-0.25, -0.2) is 0 Å². The number of rotatable bonds is 4. The summed E-state index contributed by atoms with van der Waals surface area (Å²) in [6.45, 7) is -0.0868. The Bertz CT molecular complexity index is 421. The number of hydrogen-bond acceptors (Lipinski definition) is 5. The van der Waals surface area contributed by atoms with Crippen molar-refractivity contribution in [3.63, 3.8) is 0 Å². The van der Waals surface area contributed by atoms with E-state index < -0.39 is 12.2 Å². The second kappa shape index (κ2) is 5.00. The van der Waals surface area contributed by atoms with Gasteiger partial charge in [-0.05, 0) is 0 Å². The van der Waals surface area contributed by atoms with Crippen LogP contribution in [0.15, 0.2) is 6.07 Å². The van der Waals surface area contributed by atoms with Gasteiger partial charge in [0, 0.05) is 23.7 Å². The fraction of sp³-hybridized carbons (Fsp3) is 0.333. The van der Waals surface area contributed by atoms with Crippen LogP contribution in [0.5, 0.6) is 11.8 Å². The summed E-state index contributed by atoms with van der Waals surface area (Å²) in [4.78, 5) is 14.1. The van der Waals surface area contributed by atoms with Crippen molar-refractivity contribution in [1.82, 2.24) is 4.98 Å². The van der Waals surface area contributed by atoms with Crippen molar-refractivity contribution >= 4 is 6.29 Å². The average molecular weight is 250 g/mol. The molecule has 0 saturated carbocycles. The fourth-order valence-electron chi connectivity index (χ4n) is 1.19. The van der Waals surface area contributed by atoms with Crippen LogP contribution in [0.2, 0.25) is 0 Å². The minimum atomic E-state index is -4.89. The van der Waals surface area contributed by atoms with Crippen LogP contribution < -0.4 is 15.2 Å². The maximum atomic E-state index is 12.0. The Balaban J connectivity index is 3.22. The van der Waals surface area contributed by atoms with Crippen LogP contribution in [0.25, 0.3) is 0 Å². The normalized spacial score (nSPS) is 11.1. The third kappa shape index (κ3) is 3.31. The van der Waals surface area contributed by atoms with Crippen LogP contribution in [0.3, 0.4) is 0 Å². The van der Waals surface area contributed by atoms with E-state index in [1.54, 1.807) is 0 Å². The zero-order chi connectivity index (χ0) is 13.1. The predicted octanol–water partition coefficient (Wildman–Crippen LogP) is 1.26. The van der Waals surface area contributed by atoms with Gasteiger partial charge in [0.1, 0.15) is 0 Å². The lowest BCUT2D eigenvalue weighted by Gasteiger charge is -2.12. The van der Waals surface area contributed by atoms with Crippen LogP contribution in [0, 0.1) is 0 Å². The van der Waals surface area contributed by atoms with Crippen LogP contribution in [0.4, 0.5) is 13.2 Å². The number of carbonyl (C=O) groups excluding carboxylic acids is 1. The Morgan fingerprint density at radius 3 is 2.59 bits per heavy atom. The quantitative estimate of drug-likeness (QED) is 0.814. The fourth-order valence-corrected chi connectivity index (χ4v) is 1.19. The molecule has 0 radical (unpaired) electrons. The van der Waals surface area contributed by atoms with E-state index in [9.17, 15) is 18.0 Å². The largest absolute Gasteiger partial charge is 0.574 e. The monoisotopic (exact) mass is 250 g/mol. The molecule has 1 rings (SSSR count). The van der Waals surface area contributed by atoms with Gasteiger partial charge in [0.05, 0.1) is 7.11 Å². The number of ether oxygens (including phenoxy) is 2. The van der Waals surface area contributed by atoms with Gasteiger partial charge < -0.3 is 15.2 Å². The van der Waals surface area contributed by atoms with E-state index in [2.05, 4.69) is 9.72 Å². The lowest BCUT2D eigenvalue weighted by molar-refractivity contribution is -0.276. The van der Waals surface area contributed by atoms with Gasteiger partial charge in [-0.2, -0.15) is 4.98 Å². The highest BCUT2D eigenvalue weighted by Crippen LogP contribution is 2.27. The van der Waals surface area contributed by atoms with Crippen molar-refractivity contribution in [2.45, 2.75) is 12.9 Å². The molecule has 0 bridgehead atoms. The Morgan fingerprint density at radius 2 is 2.18 bits per heavy atom. The molecule has 0 aromatic carbocycles. The molecule has 17 heavy (non-hydrogen) atoms. The van der Waals surface area contributed by atoms with Crippen molar-refractivity contribution in [1.29, 1.82) is 0 Å². The number of alkyl halides is 3. The number of aldehydes is 1. The lowest BCUT2D eigenvalue weighted by atomic mass is 10.1. The minimum Gasteiger partial charge on any atom is -0.481 e. The van der Waals surface area contributed by atoms with Gasteiger partial charge in [0.15, 0.2) is 6.29 Å². The predicted molar refractivity (Wildman–Crippen MR) is 50.8 cm³/mol. The summed E-state index contributed by atoms with van der Waals surface area (Å²) in [6, 6.07) is 0.852. The molecule has 0 spiro atoms. The maximum Gasteiger partial charge on any atom is 0.574 e. The van der Waals surface area contributed by atoms with E-state index in [4.69, 9.17) is 10.5 Å². The van der Waals surface area contributed by atoms with Gasteiger partial charge in [-0.1, -0.05) is 0 Å². The number of methoxy groups -OCH3 is 1. The lowest BCUT2D eigenvalue weighted by Crippen LogP contribution is -2.19. The summed E-state index contributed by atoms with van der Waals surface area (Å²) in [5.41, 5.74) is 5.50. The zero-order valence-electron chi connectivity index (χ0n) is 8.75. The Kier molecular flexibility index (Phi) is 3.89. The molecule has 0 atom stereocenters. The van der Waals surface area contributed by atoms with E-state index in [0.717, 1.165) is 6.07 Å². The van der Waals surface area contributed by atoms with E-state index in [-0.39, 0.29) is 23.6 Å². The maximum absolute atomic E-state index is 12.0. The molecule has 1 aromatic heterocycles. The van der Waals surface area contributed by atoms with Crippen molar-refractivity contribution in [3.05, 3.63) is 17.2 Å². The molecule has 0 aliphatic heterocycles. The Labute approximate surface area is 94.3 Å². The SMILES string of the molecule is COc1nc(OC(F)(F)F)cc(C=O)c1CN. The molecule has 1 heterocycles. The summed E-state index contributed by atoms with van der Waals surface area (Å²) in [5, 5.41) is 0. The first-order chi connectivity index (χ1) is 7.91. The molecule has 2 N–H and O–H groups in total. The molecule has 0 aliphatic rings. The van der Waals surface area contributed by atoms with Gasteiger partial charge in [-0.3, -0.25) is 4.79 Å². The number of pyridine rings is 1. The summed E-state index contributed by atoms with van der Waals surface area (Å²) in [6.07, 6.45) is -4.53. The minimum absolute atomic E-state index is 0.0569. The van der Waals surface area contributed by atoms with E-state index in [1.807, 2.05) is 0 Å². The summed E-state index contributed by atoms with van der Waals surface area (Å²) in [5.74, 6) is -0.940. The molecule has 0 amide bonds. The third-order valence-electron chi connectivity index (χ3n) is 1.84. The first-order valence-corrected chi connectivity index (χ1v) is 4.40. The van der Waals surface area contributed by atoms with Crippen molar-refractivity contribution in [2.75, 3.05) is 7.11 Å². The van der Waals surface area contributed by atoms with Crippen molar-refractivity contribution < 1.29 is 27.4 Å². The molecule has 8 heteroatoms. The number of carbonyl (C=O) groups is 1. The van der Waals surface area contributed by atoms with Gasteiger partial charge >= 0.3 is 6.36 Å². The molecule has 0 saturated heterocycles. The molecule has 0 unspecified atom stereocenters. The van der Waals surface area contributed by atoms with E-state index >= 15 is 0 Å². The van der Waals surface area contributed by atoms with Crippen LogP contribution in [-0.4, -0.2) is 24.7 Å². The average Bonchev–Trinajstić information content (AvgIpc) is 2.25. The zero-order valence-corrected chi connectivity index (χ0v) is 8.75. The summed E-state index contributed by atoms with van der Waals surface area (Å²) in [7, 11) is 1.20. The van der Waals surface area contributed by atoms with Gasteiger partial charge in [0.25, 0.3) is 0 Å². The number of nitrogens with two attached hydrogens (primary N) is 1. The molecular weight excluding hydrogens is 241 g/mol. The molecule has 1 aromatic rings. The van der Waals surface area contributed by atoms with Gasteiger partial charge in [0.2, 0.25) is 11.8 Å². The highest BCUT2D eigenvalue weighted by molar-refractivity contribution is 5.78. The molecule has 5 nitrogen and oxygen atoms in total. The second-order valence-electron chi connectivity index (χ2n) is 2.91. The first-order valence-electron chi connectivity index (χ1n) is 4.40. The van der Waals surface area contributed by atoms with Crippen LogP contribution >= 0.6 is 0 Å². The molecule has 0 fully saturated rings. The van der Waals surface area contributed by atoms with Crippen molar-refractivity contribution in [3.8, 4) is 11.8 Å². The topological polar surface area (TPSA) is 74.4 Å². The smallest absolute Gasteiger partial charge is 0.481 e. The standard InChI is InChI=1S/C9H9F3N2O3/c1-16-8-6(3-13)5(4-15)2-7(14-8)17-9(10,11)12/h2,4H,3,13H2,1H3. The molecule has 94 valence electrons. The third-order valence-corrected chi connectivity index (χ3v) is 1.84. The highest BCUT2D eigenvalue weighted by atomic mass is 19.4.